The Morgan fingerprint density at radius 2 is 2.42 bits per heavy atom. The third kappa shape index (κ3) is 4.21. The number of nitrogens with zero attached hydrogens (tertiary/aromatic N) is 1. The first-order chi connectivity index (χ1) is 9.16. The molecule has 1 heterocycles. The second-order valence-electron chi connectivity index (χ2n) is 4.93. The van der Waals surface area contributed by atoms with Crippen LogP contribution in [-0.4, -0.2) is 33.9 Å². The number of pyridine rings is 1. The Labute approximate surface area is 118 Å². The van der Waals surface area contributed by atoms with Crippen molar-refractivity contribution in [1.29, 1.82) is 0 Å². The Kier molecular flexibility index (Phi) is 5.22. The van der Waals surface area contributed by atoms with E-state index in [2.05, 4.69) is 10.3 Å². The summed E-state index contributed by atoms with van der Waals surface area (Å²) in [5.41, 5.74) is 0. The van der Waals surface area contributed by atoms with Crippen molar-refractivity contribution in [3.8, 4) is 0 Å². The Morgan fingerprint density at radius 3 is 3.05 bits per heavy atom. The second kappa shape index (κ2) is 6.91. The largest absolute Gasteiger partial charge is 0.393 e. The van der Waals surface area contributed by atoms with E-state index in [4.69, 9.17) is 0 Å². The Hall–Kier alpha value is -1.07. The van der Waals surface area contributed by atoms with E-state index in [1.807, 2.05) is 25.1 Å². The van der Waals surface area contributed by atoms with E-state index in [-0.39, 0.29) is 23.2 Å². The predicted molar refractivity (Wildman–Crippen MR) is 75.9 cm³/mol. The average Bonchev–Trinajstić information content (AvgIpc) is 2.82. The van der Waals surface area contributed by atoms with Gasteiger partial charge in [0.05, 0.1) is 16.4 Å². The summed E-state index contributed by atoms with van der Waals surface area (Å²) in [6.45, 7) is 2.45. The summed E-state index contributed by atoms with van der Waals surface area (Å²) in [5, 5.41) is 13.3. The molecular formula is C14H20N2O2S. The van der Waals surface area contributed by atoms with E-state index in [0.29, 0.717) is 6.54 Å². The number of rotatable bonds is 5. The number of carbonyl (C=O) groups is 1. The van der Waals surface area contributed by atoms with Crippen LogP contribution in [0.25, 0.3) is 0 Å². The van der Waals surface area contributed by atoms with Gasteiger partial charge in [0.1, 0.15) is 0 Å². The van der Waals surface area contributed by atoms with Gasteiger partial charge in [0.15, 0.2) is 0 Å². The van der Waals surface area contributed by atoms with Gasteiger partial charge in [-0.25, -0.2) is 4.98 Å². The summed E-state index contributed by atoms with van der Waals surface area (Å²) < 4.78 is 0. The zero-order chi connectivity index (χ0) is 13.7. The molecule has 1 aromatic heterocycles. The molecule has 1 fully saturated rings. The molecule has 0 saturated heterocycles. The van der Waals surface area contributed by atoms with E-state index >= 15 is 0 Å². The lowest BCUT2D eigenvalue weighted by molar-refractivity contribution is -0.120. The summed E-state index contributed by atoms with van der Waals surface area (Å²) in [6.07, 6.45) is 4.39. The fraction of sp³-hybridized carbons (Fsp3) is 0.571. The van der Waals surface area contributed by atoms with Crippen LogP contribution in [0.4, 0.5) is 0 Å². The molecule has 104 valence electrons. The minimum atomic E-state index is -0.251. The molecule has 2 N–H and O–H groups in total. The highest BCUT2D eigenvalue weighted by atomic mass is 32.2. The number of carbonyl (C=O) groups excluding carboxylic acids is 1. The smallest absolute Gasteiger partial charge is 0.233 e. The maximum Gasteiger partial charge on any atom is 0.233 e. The molecule has 0 aromatic carbocycles. The number of thioether (sulfide) groups is 1. The molecule has 0 aliphatic heterocycles. The number of aliphatic hydroxyl groups is 1. The summed E-state index contributed by atoms with van der Waals surface area (Å²) in [4.78, 5) is 16.2. The lowest BCUT2D eigenvalue weighted by Crippen LogP contribution is -2.36. The molecule has 0 bridgehead atoms. The number of amides is 1. The fourth-order valence-electron chi connectivity index (χ4n) is 2.28. The molecular weight excluding hydrogens is 260 g/mol. The molecule has 4 nitrogen and oxygen atoms in total. The van der Waals surface area contributed by atoms with Crippen LogP contribution in [0.15, 0.2) is 29.4 Å². The number of hydrogen-bond donors (Lipinski definition) is 2. The van der Waals surface area contributed by atoms with E-state index in [0.717, 1.165) is 24.3 Å². The zero-order valence-corrected chi connectivity index (χ0v) is 11.9. The van der Waals surface area contributed by atoms with Crippen LogP contribution in [-0.2, 0) is 4.79 Å². The molecule has 1 saturated carbocycles. The Morgan fingerprint density at radius 1 is 1.58 bits per heavy atom. The average molecular weight is 280 g/mol. The highest BCUT2D eigenvalue weighted by Crippen LogP contribution is 2.25. The van der Waals surface area contributed by atoms with Crippen LogP contribution in [0.5, 0.6) is 0 Å². The molecule has 1 aromatic rings. The van der Waals surface area contributed by atoms with Gasteiger partial charge in [-0.2, -0.15) is 0 Å². The second-order valence-corrected chi connectivity index (χ2v) is 6.29. The van der Waals surface area contributed by atoms with Gasteiger partial charge in [-0.3, -0.25) is 4.79 Å². The monoisotopic (exact) mass is 280 g/mol. The third-order valence-electron chi connectivity index (χ3n) is 3.46. The normalized spacial score (nSPS) is 24.1. The van der Waals surface area contributed by atoms with Crippen molar-refractivity contribution in [3.05, 3.63) is 24.4 Å². The minimum absolute atomic E-state index is 0.00903. The summed E-state index contributed by atoms with van der Waals surface area (Å²) in [6, 6.07) is 5.67. The van der Waals surface area contributed by atoms with Crippen molar-refractivity contribution in [2.75, 3.05) is 6.54 Å². The summed E-state index contributed by atoms with van der Waals surface area (Å²) in [5.74, 6) is 0.228. The van der Waals surface area contributed by atoms with Crippen LogP contribution in [0.1, 0.15) is 26.2 Å². The number of nitrogens with one attached hydrogen (secondary N) is 1. The molecule has 3 unspecified atom stereocenters. The number of aromatic nitrogens is 1. The highest BCUT2D eigenvalue weighted by molar-refractivity contribution is 8.00. The van der Waals surface area contributed by atoms with Gasteiger partial charge in [-0.1, -0.05) is 24.2 Å². The molecule has 5 heteroatoms. The first-order valence-electron chi connectivity index (χ1n) is 6.70. The van der Waals surface area contributed by atoms with Gasteiger partial charge < -0.3 is 10.4 Å². The van der Waals surface area contributed by atoms with E-state index in [9.17, 15) is 9.90 Å². The van der Waals surface area contributed by atoms with Crippen LogP contribution in [0.3, 0.4) is 0 Å². The molecule has 1 amide bonds. The SMILES string of the molecule is CC(Sc1ccccn1)C(=O)NCC1CCCC1O. The van der Waals surface area contributed by atoms with Gasteiger partial charge >= 0.3 is 0 Å². The highest BCUT2D eigenvalue weighted by Gasteiger charge is 2.26. The lowest BCUT2D eigenvalue weighted by Gasteiger charge is -2.17. The molecule has 19 heavy (non-hydrogen) atoms. The third-order valence-corrected chi connectivity index (χ3v) is 4.51. The zero-order valence-electron chi connectivity index (χ0n) is 11.1. The van der Waals surface area contributed by atoms with Gasteiger partial charge in [-0.05, 0) is 31.9 Å². The minimum Gasteiger partial charge on any atom is -0.393 e. The molecule has 0 radical (unpaired) electrons. The van der Waals surface area contributed by atoms with Crippen molar-refractivity contribution < 1.29 is 9.90 Å². The lowest BCUT2D eigenvalue weighted by atomic mass is 10.1. The quantitative estimate of drug-likeness (QED) is 0.808. The summed E-state index contributed by atoms with van der Waals surface area (Å²) >= 11 is 1.45. The topological polar surface area (TPSA) is 62.2 Å². The van der Waals surface area contributed by atoms with Crippen LogP contribution >= 0.6 is 11.8 Å². The molecule has 1 aliphatic rings. The van der Waals surface area contributed by atoms with Gasteiger partial charge in [0.2, 0.25) is 5.91 Å². The fourth-order valence-corrected chi connectivity index (χ4v) is 3.11. The van der Waals surface area contributed by atoms with E-state index in [1.165, 1.54) is 11.8 Å². The van der Waals surface area contributed by atoms with Crippen molar-refractivity contribution in [1.82, 2.24) is 10.3 Å². The Bertz CT molecular complexity index is 413. The first kappa shape index (κ1) is 14.3. The predicted octanol–water partition coefficient (Wildman–Crippen LogP) is 1.84. The van der Waals surface area contributed by atoms with Crippen LogP contribution in [0.2, 0.25) is 0 Å². The van der Waals surface area contributed by atoms with E-state index < -0.39 is 0 Å². The number of aliphatic hydroxyl groups excluding tert-OH is 1. The van der Waals surface area contributed by atoms with Crippen molar-refractivity contribution in [2.24, 2.45) is 5.92 Å². The maximum atomic E-state index is 12.0. The van der Waals surface area contributed by atoms with Crippen molar-refractivity contribution >= 4 is 17.7 Å². The first-order valence-corrected chi connectivity index (χ1v) is 7.58. The van der Waals surface area contributed by atoms with Gasteiger partial charge in [0, 0.05) is 18.7 Å². The van der Waals surface area contributed by atoms with Crippen molar-refractivity contribution in [3.63, 3.8) is 0 Å². The Balaban J connectivity index is 1.76. The van der Waals surface area contributed by atoms with Crippen LogP contribution in [0, 0.1) is 5.92 Å². The standard InChI is InChI=1S/C14H20N2O2S/c1-10(19-13-7-2-3-8-15-13)14(18)16-9-11-5-4-6-12(11)17/h2-3,7-8,10-12,17H,4-6,9H2,1H3,(H,16,18). The van der Waals surface area contributed by atoms with Crippen LogP contribution < -0.4 is 5.32 Å². The van der Waals surface area contributed by atoms with E-state index in [1.54, 1.807) is 6.20 Å². The maximum absolute atomic E-state index is 12.0. The summed E-state index contributed by atoms with van der Waals surface area (Å²) in [7, 11) is 0. The van der Waals surface area contributed by atoms with Crippen molar-refractivity contribution in [2.45, 2.75) is 42.6 Å². The molecule has 2 rings (SSSR count). The van der Waals surface area contributed by atoms with Gasteiger partial charge in [-0.15, -0.1) is 0 Å². The molecule has 0 spiro atoms. The van der Waals surface area contributed by atoms with Gasteiger partial charge in [0.25, 0.3) is 0 Å². The molecule has 3 atom stereocenters. The molecule has 1 aliphatic carbocycles. The number of hydrogen-bond acceptors (Lipinski definition) is 4.